The summed E-state index contributed by atoms with van der Waals surface area (Å²) in [6, 6.07) is 16.4. The Morgan fingerprint density at radius 1 is 1.00 bits per heavy atom. The van der Waals surface area contributed by atoms with E-state index >= 15 is 0 Å². The van der Waals surface area contributed by atoms with Crippen molar-refractivity contribution in [3.05, 3.63) is 94.4 Å². The van der Waals surface area contributed by atoms with Gasteiger partial charge < -0.3 is 0 Å². The first-order valence-corrected chi connectivity index (χ1v) is 15.2. The van der Waals surface area contributed by atoms with Crippen molar-refractivity contribution in [1.29, 1.82) is 0 Å². The molecule has 158 valence electrons. The van der Waals surface area contributed by atoms with Crippen LogP contribution in [0.2, 0.25) is 0 Å². The second kappa shape index (κ2) is 6.60. The minimum atomic E-state index is -2.86. The predicted octanol–water partition coefficient (Wildman–Crippen LogP) is 3.07. The fourth-order valence-electron chi connectivity index (χ4n) is 5.69. The zero-order valence-electron chi connectivity index (χ0n) is 18.0. The topological polar surface area (TPSA) is 21.7 Å². The molecule has 1 saturated heterocycles. The van der Waals surface area contributed by atoms with Crippen LogP contribution in [0.3, 0.4) is 0 Å². The Balaban J connectivity index is 1.42. The SMILES string of the molecule is CC1=CC(C)O[I-]2(O1)C1c3ccccc3C3CC(c4cc(C)cc(C)c4)C=CN3C12. The van der Waals surface area contributed by atoms with Crippen LogP contribution in [-0.2, 0) is 6.13 Å². The van der Waals surface area contributed by atoms with Gasteiger partial charge in [0.25, 0.3) is 0 Å². The molecule has 1 spiro atoms. The van der Waals surface area contributed by atoms with Gasteiger partial charge in [0.15, 0.2) is 0 Å². The quantitative estimate of drug-likeness (QED) is 0.332. The van der Waals surface area contributed by atoms with Crippen LogP contribution in [-0.4, -0.2) is 15.1 Å². The molecule has 0 radical (unpaired) electrons. The van der Waals surface area contributed by atoms with Crippen LogP contribution in [0.4, 0.5) is 0 Å². The van der Waals surface area contributed by atoms with Gasteiger partial charge in [-0.05, 0) is 0 Å². The van der Waals surface area contributed by atoms with Gasteiger partial charge in [0, 0.05) is 0 Å². The van der Waals surface area contributed by atoms with E-state index in [2.05, 4.69) is 93.4 Å². The molecule has 4 aliphatic rings. The molecule has 0 saturated carbocycles. The average Bonchev–Trinajstić information content (AvgIpc) is 3.32. The molecule has 4 aliphatic heterocycles. The van der Waals surface area contributed by atoms with E-state index in [0.717, 1.165) is 12.2 Å². The van der Waals surface area contributed by atoms with E-state index in [1.807, 2.05) is 0 Å². The Morgan fingerprint density at radius 2 is 1.73 bits per heavy atom. The summed E-state index contributed by atoms with van der Waals surface area (Å²) in [6.45, 7) is 8.66. The Hall–Kier alpha value is -1.79. The van der Waals surface area contributed by atoms with Crippen molar-refractivity contribution in [3.8, 4) is 0 Å². The van der Waals surface area contributed by atoms with Crippen LogP contribution < -0.4 is 19.3 Å². The number of allylic oxidation sites excluding steroid dienone is 2. The van der Waals surface area contributed by atoms with Gasteiger partial charge in [-0.3, -0.25) is 0 Å². The van der Waals surface area contributed by atoms with Gasteiger partial charge in [0.05, 0.1) is 0 Å². The van der Waals surface area contributed by atoms with E-state index in [-0.39, 0.29) is 6.10 Å². The van der Waals surface area contributed by atoms with E-state index < -0.39 is 19.3 Å². The zero-order chi connectivity index (χ0) is 20.6. The van der Waals surface area contributed by atoms with Gasteiger partial charge in [0.2, 0.25) is 0 Å². The average molecular weight is 514 g/mol. The molecule has 6 unspecified atom stereocenters. The maximum absolute atomic E-state index is 6.66. The molecule has 0 aromatic heterocycles. The molecule has 2 aromatic rings. The van der Waals surface area contributed by atoms with E-state index in [9.17, 15) is 0 Å². The zero-order valence-corrected chi connectivity index (χ0v) is 20.2. The van der Waals surface area contributed by atoms with E-state index in [1.165, 1.54) is 27.8 Å². The van der Waals surface area contributed by atoms with Gasteiger partial charge in [-0.15, -0.1) is 0 Å². The number of nitrogens with zero attached hydrogens (tertiary/aromatic N) is 1. The second-order valence-corrected chi connectivity index (χ2v) is 15.8. The van der Waals surface area contributed by atoms with E-state index in [4.69, 9.17) is 6.13 Å². The molecule has 1 fully saturated rings. The molecule has 2 aromatic carbocycles. The molecule has 4 heteroatoms. The van der Waals surface area contributed by atoms with Crippen molar-refractivity contribution in [2.24, 2.45) is 0 Å². The van der Waals surface area contributed by atoms with Crippen LogP contribution in [0.15, 0.2) is 66.6 Å². The monoisotopic (exact) mass is 514 g/mol. The number of rotatable bonds is 1. The third-order valence-corrected chi connectivity index (χ3v) is 15.3. The summed E-state index contributed by atoms with van der Waals surface area (Å²) >= 11 is -2.86. The molecule has 6 atom stereocenters. The Labute approximate surface area is 184 Å². The molecular formula is C26H29INO2-. The third-order valence-electron chi connectivity index (χ3n) is 6.74. The van der Waals surface area contributed by atoms with Crippen LogP contribution in [0.1, 0.15) is 64.0 Å². The number of benzene rings is 2. The molecule has 3 nitrogen and oxygen atoms in total. The molecule has 4 heterocycles. The van der Waals surface area contributed by atoms with Crippen LogP contribution in [0, 0.1) is 13.8 Å². The Morgan fingerprint density at radius 3 is 2.47 bits per heavy atom. The van der Waals surface area contributed by atoms with Crippen molar-refractivity contribution < 1.29 is 25.4 Å². The number of halogens is 1. The van der Waals surface area contributed by atoms with E-state index in [0.29, 0.717) is 19.9 Å². The molecule has 30 heavy (non-hydrogen) atoms. The van der Waals surface area contributed by atoms with Crippen molar-refractivity contribution >= 4 is 0 Å². The Bertz CT molecular complexity index is 1070. The van der Waals surface area contributed by atoms with Crippen molar-refractivity contribution in [3.63, 3.8) is 0 Å². The van der Waals surface area contributed by atoms with Crippen LogP contribution >= 0.6 is 0 Å². The number of aryl methyl sites for hydroxylation is 2. The summed E-state index contributed by atoms with van der Waals surface area (Å²) in [6.07, 6.45) is 8.17. The fraction of sp³-hybridized carbons (Fsp3) is 0.385. The normalized spacial score (nSPS) is 37.9. The van der Waals surface area contributed by atoms with Gasteiger partial charge >= 0.3 is 185 Å². The summed E-state index contributed by atoms with van der Waals surface area (Å²) in [7, 11) is 0. The predicted molar refractivity (Wildman–Crippen MR) is 115 cm³/mol. The molecule has 0 N–H and O–H groups in total. The molecular weight excluding hydrogens is 485 g/mol. The molecule has 0 aliphatic carbocycles. The molecule has 0 bridgehead atoms. The van der Waals surface area contributed by atoms with Gasteiger partial charge in [-0.2, -0.15) is 0 Å². The van der Waals surface area contributed by atoms with Crippen molar-refractivity contribution in [1.82, 2.24) is 4.90 Å². The minimum absolute atomic E-state index is 0.156. The molecule has 6 rings (SSSR count). The number of hydrogen-bond donors (Lipinski definition) is 0. The summed E-state index contributed by atoms with van der Waals surface area (Å²) in [5.74, 6) is 1.51. The van der Waals surface area contributed by atoms with Crippen LogP contribution in [0.25, 0.3) is 0 Å². The standard InChI is InChI=1S/C26H29INO2/c1-16-11-17(2)13-21(12-16)20-9-10-28-24(15-20)22-7-5-6-8-23(22)25-26(28)27(25)29-18(3)14-19(4)30-27/h5-14,18,20,24-26H,15H2,1-4H3/q-1. The summed E-state index contributed by atoms with van der Waals surface area (Å²) in [5.41, 5.74) is 7.09. The van der Waals surface area contributed by atoms with Crippen LogP contribution in [0.5, 0.6) is 0 Å². The number of fused-ring (bicyclic) bond motifs is 8. The summed E-state index contributed by atoms with van der Waals surface area (Å²) in [5, 5.41) is 0. The van der Waals surface area contributed by atoms with Gasteiger partial charge in [0.1, 0.15) is 0 Å². The second-order valence-electron chi connectivity index (χ2n) is 9.17. The van der Waals surface area contributed by atoms with Gasteiger partial charge in [-0.25, -0.2) is 0 Å². The summed E-state index contributed by atoms with van der Waals surface area (Å²) < 4.78 is 14.1. The third kappa shape index (κ3) is 2.72. The Kier molecular flexibility index (Phi) is 4.17. The molecule has 0 amide bonds. The first-order valence-electron chi connectivity index (χ1n) is 10.9. The maximum atomic E-state index is 6.66. The van der Waals surface area contributed by atoms with Crippen molar-refractivity contribution in [2.45, 2.75) is 60.2 Å². The first kappa shape index (κ1) is 18.9. The first-order chi connectivity index (χ1) is 14.5. The van der Waals surface area contributed by atoms with Gasteiger partial charge in [-0.1, -0.05) is 0 Å². The number of alkyl halides is 2. The van der Waals surface area contributed by atoms with Crippen molar-refractivity contribution in [2.75, 3.05) is 0 Å². The number of hydrogen-bond acceptors (Lipinski definition) is 3. The van der Waals surface area contributed by atoms with E-state index in [1.54, 1.807) is 0 Å². The fourth-order valence-corrected chi connectivity index (χ4v) is 16.1. The summed E-state index contributed by atoms with van der Waals surface area (Å²) in [4.78, 5) is 2.61.